The van der Waals surface area contributed by atoms with E-state index in [1.54, 1.807) is 6.07 Å². The standard InChI is InChI=1S/C24H23N5O/c1-15-7-9-18(10-8-15)13-21-16(2)25-17(3)26-24(21)27-20-6-4-5-19(14-20)22-11-12-23(30)29-28-22/h4-12,14H,13H2,1-3H3,(H,29,30)(H,25,26,27). The normalized spacial score (nSPS) is 10.8. The molecule has 0 amide bonds. The summed E-state index contributed by atoms with van der Waals surface area (Å²) < 4.78 is 0. The molecular formula is C24H23N5O. The van der Waals surface area contributed by atoms with Crippen molar-refractivity contribution in [1.29, 1.82) is 0 Å². The van der Waals surface area contributed by atoms with Gasteiger partial charge >= 0.3 is 0 Å². The number of aromatic amines is 1. The number of hydrogen-bond donors (Lipinski definition) is 2. The van der Waals surface area contributed by atoms with Gasteiger partial charge in [0.2, 0.25) is 0 Å². The Kier molecular flexibility index (Phi) is 5.39. The van der Waals surface area contributed by atoms with E-state index in [2.05, 4.69) is 56.7 Å². The number of nitrogens with one attached hydrogen (secondary N) is 2. The zero-order chi connectivity index (χ0) is 21.1. The van der Waals surface area contributed by atoms with Crippen LogP contribution >= 0.6 is 0 Å². The lowest BCUT2D eigenvalue weighted by Crippen LogP contribution is -2.07. The minimum atomic E-state index is -0.222. The third kappa shape index (κ3) is 4.43. The number of aromatic nitrogens is 4. The second-order valence-electron chi connectivity index (χ2n) is 7.36. The molecule has 0 radical (unpaired) electrons. The molecule has 0 aliphatic rings. The molecule has 0 fully saturated rings. The molecule has 2 aromatic carbocycles. The lowest BCUT2D eigenvalue weighted by atomic mass is 10.0. The molecule has 150 valence electrons. The summed E-state index contributed by atoms with van der Waals surface area (Å²) in [6.45, 7) is 6.00. The molecular weight excluding hydrogens is 374 g/mol. The number of nitrogens with zero attached hydrogens (tertiary/aromatic N) is 3. The number of rotatable bonds is 5. The zero-order valence-electron chi connectivity index (χ0n) is 17.2. The van der Waals surface area contributed by atoms with Crippen LogP contribution in [0.1, 0.15) is 28.2 Å². The number of anilines is 2. The fraction of sp³-hybridized carbons (Fsp3) is 0.167. The molecule has 0 spiro atoms. The van der Waals surface area contributed by atoms with Crippen LogP contribution in [0.5, 0.6) is 0 Å². The number of H-pyrrole nitrogens is 1. The highest BCUT2D eigenvalue weighted by Crippen LogP contribution is 2.26. The van der Waals surface area contributed by atoms with Crippen LogP contribution < -0.4 is 10.9 Å². The highest BCUT2D eigenvalue weighted by Gasteiger charge is 2.12. The van der Waals surface area contributed by atoms with Gasteiger partial charge in [-0.2, -0.15) is 5.10 Å². The molecule has 0 aliphatic heterocycles. The molecule has 4 aromatic rings. The third-order valence-corrected chi connectivity index (χ3v) is 4.93. The quantitative estimate of drug-likeness (QED) is 0.518. The Hall–Kier alpha value is -3.80. The molecule has 0 atom stereocenters. The van der Waals surface area contributed by atoms with Crippen molar-refractivity contribution in [2.75, 3.05) is 5.32 Å². The van der Waals surface area contributed by atoms with Crippen LogP contribution in [-0.2, 0) is 6.42 Å². The Bertz CT molecular complexity index is 1220. The summed E-state index contributed by atoms with van der Waals surface area (Å²) in [7, 11) is 0. The topological polar surface area (TPSA) is 83.6 Å². The monoisotopic (exact) mass is 397 g/mol. The van der Waals surface area contributed by atoms with Gasteiger partial charge in [-0.25, -0.2) is 15.1 Å². The van der Waals surface area contributed by atoms with Gasteiger partial charge in [0.25, 0.3) is 5.56 Å². The van der Waals surface area contributed by atoms with E-state index in [1.807, 2.05) is 38.1 Å². The summed E-state index contributed by atoms with van der Waals surface area (Å²) in [5, 5.41) is 10.0. The van der Waals surface area contributed by atoms with E-state index >= 15 is 0 Å². The average Bonchev–Trinajstić information content (AvgIpc) is 2.73. The highest BCUT2D eigenvalue weighted by atomic mass is 16.1. The molecule has 2 heterocycles. The molecule has 0 unspecified atom stereocenters. The largest absolute Gasteiger partial charge is 0.340 e. The Morgan fingerprint density at radius 3 is 2.47 bits per heavy atom. The molecule has 0 saturated heterocycles. The van der Waals surface area contributed by atoms with Gasteiger partial charge in [-0.3, -0.25) is 4.79 Å². The first-order valence-electron chi connectivity index (χ1n) is 9.81. The van der Waals surface area contributed by atoms with E-state index in [1.165, 1.54) is 17.2 Å². The molecule has 6 heteroatoms. The van der Waals surface area contributed by atoms with Crippen molar-refractivity contribution >= 4 is 11.5 Å². The van der Waals surface area contributed by atoms with Crippen LogP contribution in [0.3, 0.4) is 0 Å². The summed E-state index contributed by atoms with van der Waals surface area (Å²) in [6, 6.07) is 19.6. The van der Waals surface area contributed by atoms with Gasteiger partial charge in [-0.05, 0) is 44.5 Å². The van der Waals surface area contributed by atoms with Gasteiger partial charge in [0.05, 0.1) is 5.69 Å². The Balaban J connectivity index is 1.67. The third-order valence-electron chi connectivity index (χ3n) is 4.93. The second kappa shape index (κ2) is 8.29. The zero-order valence-corrected chi connectivity index (χ0v) is 17.2. The van der Waals surface area contributed by atoms with Crippen LogP contribution in [0, 0.1) is 20.8 Å². The Morgan fingerprint density at radius 1 is 0.933 bits per heavy atom. The maximum absolute atomic E-state index is 11.3. The lowest BCUT2D eigenvalue weighted by molar-refractivity contribution is 0.965. The molecule has 0 saturated carbocycles. The van der Waals surface area contributed by atoms with Gasteiger partial charge in [0.1, 0.15) is 11.6 Å². The van der Waals surface area contributed by atoms with Crippen molar-refractivity contribution in [2.45, 2.75) is 27.2 Å². The number of benzene rings is 2. The smallest absolute Gasteiger partial charge is 0.264 e. The van der Waals surface area contributed by atoms with Gasteiger partial charge in [0.15, 0.2) is 0 Å². The molecule has 4 rings (SSSR count). The van der Waals surface area contributed by atoms with E-state index in [0.29, 0.717) is 5.69 Å². The van der Waals surface area contributed by atoms with Gasteiger partial charge in [-0.1, -0.05) is 42.0 Å². The van der Waals surface area contributed by atoms with E-state index in [0.717, 1.165) is 40.6 Å². The maximum Gasteiger partial charge on any atom is 0.264 e. The van der Waals surface area contributed by atoms with Crippen LogP contribution in [-0.4, -0.2) is 20.2 Å². The molecule has 0 aliphatic carbocycles. The van der Waals surface area contributed by atoms with E-state index in [-0.39, 0.29) is 5.56 Å². The first-order chi connectivity index (χ1) is 14.5. The van der Waals surface area contributed by atoms with Gasteiger partial charge in [-0.15, -0.1) is 0 Å². The summed E-state index contributed by atoms with van der Waals surface area (Å²) in [6.07, 6.45) is 0.746. The molecule has 2 aromatic heterocycles. The summed E-state index contributed by atoms with van der Waals surface area (Å²) >= 11 is 0. The van der Waals surface area contributed by atoms with Crippen molar-refractivity contribution < 1.29 is 0 Å². The Morgan fingerprint density at radius 2 is 1.73 bits per heavy atom. The predicted molar refractivity (Wildman–Crippen MR) is 119 cm³/mol. The van der Waals surface area contributed by atoms with E-state index < -0.39 is 0 Å². The van der Waals surface area contributed by atoms with Crippen molar-refractivity contribution in [2.24, 2.45) is 0 Å². The van der Waals surface area contributed by atoms with E-state index in [4.69, 9.17) is 0 Å². The molecule has 6 nitrogen and oxygen atoms in total. The van der Waals surface area contributed by atoms with Crippen LogP contribution in [0.15, 0.2) is 65.5 Å². The minimum absolute atomic E-state index is 0.222. The van der Waals surface area contributed by atoms with E-state index in [9.17, 15) is 4.79 Å². The highest BCUT2D eigenvalue weighted by molar-refractivity contribution is 5.69. The van der Waals surface area contributed by atoms with Crippen molar-refractivity contribution in [3.8, 4) is 11.3 Å². The minimum Gasteiger partial charge on any atom is -0.340 e. The fourth-order valence-electron chi connectivity index (χ4n) is 3.36. The number of hydrogen-bond acceptors (Lipinski definition) is 5. The first kappa shape index (κ1) is 19.5. The van der Waals surface area contributed by atoms with Crippen molar-refractivity contribution in [1.82, 2.24) is 20.2 Å². The van der Waals surface area contributed by atoms with Crippen LogP contribution in [0.25, 0.3) is 11.3 Å². The summed E-state index contributed by atoms with van der Waals surface area (Å²) in [5.74, 6) is 1.52. The van der Waals surface area contributed by atoms with Crippen LogP contribution in [0.2, 0.25) is 0 Å². The second-order valence-corrected chi connectivity index (χ2v) is 7.36. The molecule has 2 N–H and O–H groups in total. The molecule has 30 heavy (non-hydrogen) atoms. The number of aryl methyl sites for hydroxylation is 3. The van der Waals surface area contributed by atoms with Gasteiger partial charge in [0, 0.05) is 35.0 Å². The first-order valence-corrected chi connectivity index (χ1v) is 9.81. The van der Waals surface area contributed by atoms with Crippen molar-refractivity contribution in [3.63, 3.8) is 0 Å². The molecule has 0 bridgehead atoms. The van der Waals surface area contributed by atoms with Crippen LogP contribution in [0.4, 0.5) is 11.5 Å². The SMILES string of the molecule is Cc1ccc(Cc2c(C)nc(C)nc2Nc2cccc(-c3ccc(=O)[nH]n3)c2)cc1. The van der Waals surface area contributed by atoms with Gasteiger partial charge < -0.3 is 5.32 Å². The fourth-order valence-corrected chi connectivity index (χ4v) is 3.36. The predicted octanol–water partition coefficient (Wildman–Crippen LogP) is 4.49. The van der Waals surface area contributed by atoms with Crippen molar-refractivity contribution in [3.05, 3.63) is 99.2 Å². The average molecular weight is 397 g/mol. The Labute approximate surface area is 175 Å². The summed E-state index contributed by atoms with van der Waals surface area (Å²) in [5.41, 5.74) is 6.75. The maximum atomic E-state index is 11.3. The summed E-state index contributed by atoms with van der Waals surface area (Å²) in [4.78, 5) is 20.5. The lowest BCUT2D eigenvalue weighted by Gasteiger charge is -2.15.